The number of hydrogen-bond acceptors (Lipinski definition) is 3. The van der Waals surface area contributed by atoms with Gasteiger partial charge < -0.3 is 4.57 Å². The van der Waals surface area contributed by atoms with Crippen LogP contribution in [0.15, 0.2) is 104 Å². The molecular weight excluding hydrogens is 394 g/mol. The van der Waals surface area contributed by atoms with Crippen molar-refractivity contribution >= 4 is 43.6 Å². The molecule has 2 aromatic carbocycles. The van der Waals surface area contributed by atoms with Crippen LogP contribution in [-0.4, -0.2) is 24.1 Å². The lowest BCUT2D eigenvalue weighted by Gasteiger charge is -2.10. The third-order valence-electron chi connectivity index (χ3n) is 6.17. The molecule has 5 heterocycles. The normalized spacial score (nSPS) is 11.8. The second-order valence-corrected chi connectivity index (χ2v) is 7.87. The van der Waals surface area contributed by atoms with Crippen LogP contribution < -0.4 is 0 Å². The molecule has 5 nitrogen and oxygen atoms in total. The predicted molar refractivity (Wildman–Crippen MR) is 129 cm³/mol. The van der Waals surface area contributed by atoms with Gasteiger partial charge in [-0.15, -0.1) is 0 Å². The van der Waals surface area contributed by atoms with Gasteiger partial charge >= 0.3 is 0 Å². The molecule has 0 aliphatic carbocycles. The number of rotatable bonds is 2. The van der Waals surface area contributed by atoms with Crippen molar-refractivity contribution < 1.29 is 0 Å². The number of hydrogen-bond donors (Lipinski definition) is 0. The van der Waals surface area contributed by atoms with Gasteiger partial charge in [0.15, 0.2) is 0 Å². The summed E-state index contributed by atoms with van der Waals surface area (Å²) >= 11 is 0. The van der Waals surface area contributed by atoms with E-state index in [-0.39, 0.29) is 0 Å². The summed E-state index contributed by atoms with van der Waals surface area (Å²) < 4.78 is 4.45. The molecule has 0 aliphatic heterocycles. The van der Waals surface area contributed by atoms with Crippen LogP contribution in [0.3, 0.4) is 0 Å². The molecule has 0 atom stereocenters. The first-order valence-electron chi connectivity index (χ1n) is 10.5. The number of para-hydroxylation sites is 2. The van der Waals surface area contributed by atoms with E-state index in [4.69, 9.17) is 4.98 Å². The molecule has 0 spiro atoms. The highest BCUT2D eigenvalue weighted by Crippen LogP contribution is 2.33. The van der Waals surface area contributed by atoms with E-state index in [1.165, 1.54) is 10.8 Å². The molecule has 7 aromatic rings. The van der Waals surface area contributed by atoms with Gasteiger partial charge in [-0.1, -0.05) is 36.4 Å². The van der Waals surface area contributed by atoms with Gasteiger partial charge in [-0.2, -0.15) is 0 Å². The third kappa shape index (κ3) is 2.30. The molecule has 0 saturated heterocycles. The number of nitrogens with zero attached hydrogens (tertiary/aromatic N) is 5. The highest BCUT2D eigenvalue weighted by Gasteiger charge is 2.15. The Bertz CT molecular complexity index is 1530. The van der Waals surface area contributed by atoms with Gasteiger partial charge in [0.25, 0.3) is 0 Å². The lowest BCUT2D eigenvalue weighted by molar-refractivity contribution is 1.05. The number of aromatic nitrogens is 5. The maximum Gasteiger partial charge on any atom is 0.137 e. The first kappa shape index (κ1) is 17.2. The Labute approximate surface area is 183 Å². The summed E-state index contributed by atoms with van der Waals surface area (Å²) in [4.78, 5) is 13.6. The van der Waals surface area contributed by atoms with Crippen molar-refractivity contribution in [3.8, 4) is 11.5 Å². The van der Waals surface area contributed by atoms with Gasteiger partial charge in [0, 0.05) is 46.3 Å². The summed E-state index contributed by atoms with van der Waals surface area (Å²) in [5.74, 6) is 0.883. The highest BCUT2D eigenvalue weighted by atomic mass is 15.1. The van der Waals surface area contributed by atoms with E-state index in [1.54, 1.807) is 0 Å². The summed E-state index contributed by atoms with van der Waals surface area (Å²) in [6.45, 7) is 0. The molecule has 5 heteroatoms. The topological polar surface area (TPSA) is 48.5 Å². The first-order chi connectivity index (χ1) is 15.9. The smallest absolute Gasteiger partial charge is 0.137 e. The lowest BCUT2D eigenvalue weighted by atomic mass is 10.2. The Kier molecular flexibility index (Phi) is 3.49. The van der Waals surface area contributed by atoms with E-state index >= 15 is 0 Å². The maximum absolute atomic E-state index is 4.90. The van der Waals surface area contributed by atoms with Crippen molar-refractivity contribution in [1.82, 2.24) is 24.1 Å². The second kappa shape index (κ2) is 6.49. The average Bonchev–Trinajstić information content (AvgIpc) is 3.38. The fraction of sp³-hybridized carbons (Fsp3) is 0. The summed E-state index contributed by atoms with van der Waals surface area (Å²) in [5.41, 5.74) is 5.52. The van der Waals surface area contributed by atoms with Gasteiger partial charge in [-0.3, -0.25) is 14.5 Å². The molecule has 0 saturated carbocycles. The van der Waals surface area contributed by atoms with Crippen molar-refractivity contribution in [3.63, 3.8) is 0 Å². The van der Waals surface area contributed by atoms with Crippen molar-refractivity contribution in [3.05, 3.63) is 104 Å². The zero-order valence-electron chi connectivity index (χ0n) is 17.1. The zero-order chi connectivity index (χ0) is 21.1. The minimum atomic E-state index is 0.883. The molecule has 0 N–H and O–H groups in total. The van der Waals surface area contributed by atoms with E-state index in [9.17, 15) is 0 Å². The van der Waals surface area contributed by atoms with E-state index in [2.05, 4.69) is 85.8 Å². The molecule has 0 amide bonds. The van der Waals surface area contributed by atoms with Crippen LogP contribution in [0.2, 0.25) is 0 Å². The molecule has 7 rings (SSSR count). The van der Waals surface area contributed by atoms with Gasteiger partial charge in [-0.25, -0.2) is 4.98 Å². The van der Waals surface area contributed by atoms with Crippen LogP contribution in [0, 0.1) is 0 Å². The van der Waals surface area contributed by atoms with Crippen LogP contribution in [0.1, 0.15) is 0 Å². The average molecular weight is 411 g/mol. The van der Waals surface area contributed by atoms with Crippen molar-refractivity contribution in [2.24, 2.45) is 0 Å². The van der Waals surface area contributed by atoms with Crippen LogP contribution in [-0.2, 0) is 0 Å². The molecule has 5 aromatic heterocycles. The van der Waals surface area contributed by atoms with E-state index in [1.807, 2.05) is 37.1 Å². The molecule has 0 bridgehead atoms. The SMILES string of the molecule is c1ccc2c(c1)c1cnccc1n2-c1ccc(-n2c3ccccc3c3cnccc32)nc1. The maximum atomic E-state index is 4.90. The number of pyridine rings is 3. The van der Waals surface area contributed by atoms with Crippen molar-refractivity contribution in [2.45, 2.75) is 0 Å². The Morgan fingerprint density at radius 1 is 0.469 bits per heavy atom. The predicted octanol–water partition coefficient (Wildman–Crippen LogP) is 6.07. The van der Waals surface area contributed by atoms with Crippen molar-refractivity contribution in [1.29, 1.82) is 0 Å². The molecule has 32 heavy (non-hydrogen) atoms. The van der Waals surface area contributed by atoms with Crippen LogP contribution in [0.4, 0.5) is 0 Å². The quantitative estimate of drug-likeness (QED) is 0.347. The summed E-state index contributed by atoms with van der Waals surface area (Å²) in [5, 5.41) is 4.64. The summed E-state index contributed by atoms with van der Waals surface area (Å²) in [6.07, 6.45) is 9.48. The standard InChI is InChI=1S/C27H17N5/c1-3-7-23-19(5-1)21-16-28-13-11-25(21)31(23)18-9-10-27(30-15-18)32-24-8-4-2-6-20(24)22-17-29-14-12-26(22)32/h1-17H. The van der Waals surface area contributed by atoms with Crippen LogP contribution in [0.25, 0.3) is 55.1 Å². The number of fused-ring (bicyclic) bond motifs is 6. The summed E-state index contributed by atoms with van der Waals surface area (Å²) in [7, 11) is 0. The minimum Gasteiger partial charge on any atom is -0.308 e. The van der Waals surface area contributed by atoms with E-state index in [0.29, 0.717) is 0 Å². The van der Waals surface area contributed by atoms with Gasteiger partial charge in [-0.05, 0) is 36.4 Å². The Hall–Kier alpha value is -4.51. The Morgan fingerprint density at radius 3 is 1.66 bits per heavy atom. The molecular formula is C27H17N5. The third-order valence-corrected chi connectivity index (χ3v) is 6.17. The first-order valence-corrected chi connectivity index (χ1v) is 10.5. The molecule has 0 unspecified atom stereocenters. The van der Waals surface area contributed by atoms with Crippen molar-refractivity contribution in [2.75, 3.05) is 0 Å². The van der Waals surface area contributed by atoms with Crippen LogP contribution in [0.5, 0.6) is 0 Å². The lowest BCUT2D eigenvalue weighted by Crippen LogP contribution is -2.00. The monoisotopic (exact) mass is 411 g/mol. The molecule has 0 fully saturated rings. The zero-order valence-corrected chi connectivity index (χ0v) is 17.1. The minimum absolute atomic E-state index is 0.883. The highest BCUT2D eigenvalue weighted by molar-refractivity contribution is 6.09. The molecule has 150 valence electrons. The second-order valence-electron chi connectivity index (χ2n) is 7.87. The fourth-order valence-corrected chi connectivity index (χ4v) is 4.80. The Balaban J connectivity index is 1.47. The van der Waals surface area contributed by atoms with Crippen LogP contribution >= 0.6 is 0 Å². The van der Waals surface area contributed by atoms with Gasteiger partial charge in [0.2, 0.25) is 0 Å². The van der Waals surface area contributed by atoms with E-state index in [0.717, 1.165) is 44.3 Å². The fourth-order valence-electron chi connectivity index (χ4n) is 4.80. The number of benzene rings is 2. The van der Waals surface area contributed by atoms with Gasteiger partial charge in [0.05, 0.1) is 34.0 Å². The Morgan fingerprint density at radius 2 is 1.03 bits per heavy atom. The van der Waals surface area contributed by atoms with E-state index < -0.39 is 0 Å². The largest absolute Gasteiger partial charge is 0.308 e. The molecule has 0 radical (unpaired) electrons. The van der Waals surface area contributed by atoms with Gasteiger partial charge in [0.1, 0.15) is 5.82 Å². The summed E-state index contributed by atoms with van der Waals surface area (Å²) in [6, 6.07) is 25.1. The molecule has 0 aliphatic rings.